The second kappa shape index (κ2) is 6.45. The van der Waals surface area contributed by atoms with E-state index in [-0.39, 0.29) is 0 Å². The zero-order valence-electron chi connectivity index (χ0n) is 9.74. The first-order chi connectivity index (χ1) is 7.47. The van der Waals surface area contributed by atoms with Gasteiger partial charge in [0.25, 0.3) is 0 Å². The fraction of sp³-hybridized carbons (Fsp3) is 1.00. The smallest absolute Gasteiger partial charge is 0.317 e. The van der Waals surface area contributed by atoms with Crippen LogP contribution in [0.15, 0.2) is 0 Å². The van der Waals surface area contributed by atoms with Crippen molar-refractivity contribution >= 4 is 0 Å². The first-order valence-electron chi connectivity index (χ1n) is 5.98. The van der Waals surface area contributed by atoms with Crippen LogP contribution >= 0.6 is 0 Å². The molecule has 5 heteroatoms. The van der Waals surface area contributed by atoms with Gasteiger partial charge < -0.3 is 10.6 Å². The number of hydrogen-bond donors (Lipinski definition) is 2. The molecular weight excluding hydrogens is 217 g/mol. The topological polar surface area (TPSA) is 24.1 Å². The highest BCUT2D eigenvalue weighted by Crippen LogP contribution is 2.21. The Morgan fingerprint density at radius 3 is 2.50 bits per heavy atom. The third-order valence-electron chi connectivity index (χ3n) is 3.04. The van der Waals surface area contributed by atoms with E-state index in [1.54, 1.807) is 6.92 Å². The first-order valence-corrected chi connectivity index (χ1v) is 5.98. The van der Waals surface area contributed by atoms with Crippen LogP contribution in [0, 0.1) is 5.92 Å². The van der Waals surface area contributed by atoms with Crippen molar-refractivity contribution in [2.75, 3.05) is 19.6 Å². The van der Waals surface area contributed by atoms with Gasteiger partial charge in [-0.15, -0.1) is 0 Å². The molecule has 0 aliphatic carbocycles. The van der Waals surface area contributed by atoms with Gasteiger partial charge >= 0.3 is 6.18 Å². The average Bonchev–Trinajstić information content (AvgIpc) is 2.16. The minimum atomic E-state index is -4.05. The van der Waals surface area contributed by atoms with Crippen molar-refractivity contribution in [3.8, 4) is 0 Å². The SMILES string of the molecule is CC(CC(F)(F)F)NCCC1CCNCC1. The summed E-state index contributed by atoms with van der Waals surface area (Å²) in [6, 6.07) is -0.471. The van der Waals surface area contributed by atoms with E-state index >= 15 is 0 Å². The van der Waals surface area contributed by atoms with E-state index in [1.807, 2.05) is 0 Å². The third-order valence-corrected chi connectivity index (χ3v) is 3.04. The lowest BCUT2D eigenvalue weighted by Gasteiger charge is -2.23. The van der Waals surface area contributed by atoms with Crippen LogP contribution in [0.2, 0.25) is 0 Å². The molecule has 96 valence electrons. The molecule has 0 amide bonds. The van der Waals surface area contributed by atoms with Crippen LogP contribution < -0.4 is 10.6 Å². The van der Waals surface area contributed by atoms with Crippen molar-refractivity contribution in [2.45, 2.75) is 44.8 Å². The number of halogens is 3. The monoisotopic (exact) mass is 238 g/mol. The van der Waals surface area contributed by atoms with Crippen LogP contribution in [-0.4, -0.2) is 31.9 Å². The summed E-state index contributed by atoms with van der Waals surface area (Å²) in [5, 5.41) is 6.22. The zero-order valence-corrected chi connectivity index (χ0v) is 9.74. The van der Waals surface area contributed by atoms with E-state index < -0.39 is 18.6 Å². The molecule has 0 aromatic rings. The van der Waals surface area contributed by atoms with Crippen LogP contribution in [0.1, 0.15) is 32.6 Å². The maximum atomic E-state index is 12.0. The summed E-state index contributed by atoms with van der Waals surface area (Å²) in [6.45, 7) is 4.38. The second-order valence-electron chi connectivity index (χ2n) is 4.66. The predicted molar refractivity (Wildman–Crippen MR) is 58.3 cm³/mol. The second-order valence-corrected chi connectivity index (χ2v) is 4.66. The Bertz CT molecular complexity index is 188. The van der Waals surface area contributed by atoms with Crippen molar-refractivity contribution in [1.29, 1.82) is 0 Å². The quantitative estimate of drug-likeness (QED) is 0.768. The van der Waals surface area contributed by atoms with Crippen LogP contribution in [0.3, 0.4) is 0 Å². The molecule has 0 spiro atoms. The van der Waals surface area contributed by atoms with Gasteiger partial charge in [0.2, 0.25) is 0 Å². The minimum Gasteiger partial charge on any atom is -0.317 e. The Labute approximate surface area is 95.0 Å². The molecule has 1 rings (SSSR count). The van der Waals surface area contributed by atoms with Crippen LogP contribution in [0.25, 0.3) is 0 Å². The summed E-state index contributed by atoms with van der Waals surface area (Å²) in [7, 11) is 0. The average molecular weight is 238 g/mol. The number of alkyl halides is 3. The van der Waals surface area contributed by atoms with Crippen molar-refractivity contribution in [2.24, 2.45) is 5.92 Å². The molecule has 1 heterocycles. The molecule has 2 nitrogen and oxygen atoms in total. The highest BCUT2D eigenvalue weighted by molar-refractivity contribution is 4.71. The Balaban J connectivity index is 2.05. The Morgan fingerprint density at radius 2 is 1.94 bits per heavy atom. The zero-order chi connectivity index (χ0) is 12.0. The van der Waals surface area contributed by atoms with E-state index in [9.17, 15) is 13.2 Å². The lowest BCUT2D eigenvalue weighted by Crippen LogP contribution is -2.34. The summed E-state index contributed by atoms with van der Waals surface area (Å²) in [4.78, 5) is 0. The van der Waals surface area contributed by atoms with E-state index in [2.05, 4.69) is 10.6 Å². The number of hydrogen-bond acceptors (Lipinski definition) is 2. The van der Waals surface area contributed by atoms with Gasteiger partial charge in [-0.3, -0.25) is 0 Å². The summed E-state index contributed by atoms with van der Waals surface area (Å²) < 4.78 is 36.1. The molecule has 2 N–H and O–H groups in total. The largest absolute Gasteiger partial charge is 0.390 e. The van der Waals surface area contributed by atoms with Crippen LogP contribution in [0.5, 0.6) is 0 Å². The fourth-order valence-corrected chi connectivity index (χ4v) is 2.12. The van der Waals surface area contributed by atoms with E-state index in [4.69, 9.17) is 0 Å². The molecule has 0 saturated carbocycles. The summed E-state index contributed by atoms with van der Waals surface area (Å²) in [6.07, 6.45) is -1.51. The molecule has 1 aliphatic rings. The Kier molecular flexibility index (Phi) is 5.55. The van der Waals surface area contributed by atoms with Crippen molar-refractivity contribution in [3.05, 3.63) is 0 Å². The molecule has 0 aromatic heterocycles. The van der Waals surface area contributed by atoms with Gasteiger partial charge in [0.05, 0.1) is 6.42 Å². The van der Waals surface area contributed by atoms with Gasteiger partial charge in [-0.1, -0.05) is 0 Å². The minimum absolute atomic E-state index is 0.471. The van der Waals surface area contributed by atoms with E-state index in [0.717, 1.165) is 32.4 Å². The molecule has 1 aliphatic heterocycles. The van der Waals surface area contributed by atoms with Gasteiger partial charge in [0.15, 0.2) is 0 Å². The Hall–Kier alpha value is -0.290. The Morgan fingerprint density at radius 1 is 1.31 bits per heavy atom. The summed E-state index contributed by atoms with van der Waals surface area (Å²) in [5.74, 6) is 0.673. The predicted octanol–water partition coefficient (Wildman–Crippen LogP) is 2.31. The molecular formula is C11H21F3N2. The summed E-state index contributed by atoms with van der Waals surface area (Å²) in [5.41, 5.74) is 0. The van der Waals surface area contributed by atoms with Gasteiger partial charge in [-0.25, -0.2) is 0 Å². The van der Waals surface area contributed by atoms with Gasteiger partial charge in [-0.05, 0) is 51.7 Å². The third kappa shape index (κ3) is 6.33. The van der Waals surface area contributed by atoms with E-state index in [1.165, 1.54) is 0 Å². The number of nitrogens with one attached hydrogen (secondary N) is 2. The first kappa shape index (κ1) is 13.8. The van der Waals surface area contributed by atoms with Crippen molar-refractivity contribution in [1.82, 2.24) is 10.6 Å². The molecule has 16 heavy (non-hydrogen) atoms. The fourth-order valence-electron chi connectivity index (χ4n) is 2.12. The normalized spacial score (nSPS) is 21.0. The van der Waals surface area contributed by atoms with Gasteiger partial charge in [0, 0.05) is 6.04 Å². The number of rotatable bonds is 5. The lowest BCUT2D eigenvalue weighted by atomic mass is 9.94. The maximum Gasteiger partial charge on any atom is 0.390 e. The molecule has 0 radical (unpaired) electrons. The highest BCUT2D eigenvalue weighted by atomic mass is 19.4. The molecule has 0 aromatic carbocycles. The molecule has 1 saturated heterocycles. The highest BCUT2D eigenvalue weighted by Gasteiger charge is 2.29. The van der Waals surface area contributed by atoms with Crippen molar-refractivity contribution in [3.63, 3.8) is 0 Å². The summed E-state index contributed by atoms with van der Waals surface area (Å²) >= 11 is 0. The number of piperidine rings is 1. The molecule has 1 fully saturated rings. The maximum absolute atomic E-state index is 12.0. The van der Waals surface area contributed by atoms with Crippen LogP contribution in [0.4, 0.5) is 13.2 Å². The lowest BCUT2D eigenvalue weighted by molar-refractivity contribution is -0.139. The molecule has 1 unspecified atom stereocenters. The van der Waals surface area contributed by atoms with E-state index in [0.29, 0.717) is 12.5 Å². The standard InChI is InChI=1S/C11H21F3N2/c1-9(8-11(12,13)14)16-7-4-10-2-5-15-6-3-10/h9-10,15-16H,2-8H2,1H3. The van der Waals surface area contributed by atoms with Crippen molar-refractivity contribution < 1.29 is 13.2 Å². The van der Waals surface area contributed by atoms with Crippen LogP contribution in [-0.2, 0) is 0 Å². The van der Waals surface area contributed by atoms with Gasteiger partial charge in [0.1, 0.15) is 0 Å². The molecule has 1 atom stereocenters. The van der Waals surface area contributed by atoms with Gasteiger partial charge in [-0.2, -0.15) is 13.2 Å². The molecule has 0 bridgehead atoms.